The summed E-state index contributed by atoms with van der Waals surface area (Å²) in [6.45, 7) is 2.37. The molecule has 1 aliphatic heterocycles. The van der Waals surface area contributed by atoms with Crippen molar-refractivity contribution in [2.75, 3.05) is 11.4 Å². The normalized spacial score (nSPS) is 12.9. The molecule has 5 nitrogen and oxygen atoms in total. The molecule has 0 unspecified atom stereocenters. The van der Waals surface area contributed by atoms with E-state index in [1.54, 1.807) is 16.5 Å². The van der Waals surface area contributed by atoms with E-state index in [0.717, 1.165) is 23.4 Å². The first-order valence-electron chi connectivity index (χ1n) is 8.21. The molecule has 0 N–H and O–H groups in total. The lowest BCUT2D eigenvalue weighted by atomic mass is 10.2. The van der Waals surface area contributed by atoms with Crippen molar-refractivity contribution < 1.29 is 4.79 Å². The topological polar surface area (TPSA) is 55.2 Å². The molecule has 1 amide bonds. The molecule has 1 aliphatic rings. The van der Waals surface area contributed by atoms with Crippen LogP contribution in [-0.4, -0.2) is 22.2 Å². The Morgan fingerprint density at radius 2 is 1.76 bits per heavy atom. The molecule has 4 rings (SSSR count). The zero-order valence-electron chi connectivity index (χ0n) is 13.8. The van der Waals surface area contributed by atoms with Gasteiger partial charge in [0.15, 0.2) is 5.69 Å². The average Bonchev–Trinajstić information content (AvgIpc) is 3.06. The molecule has 0 spiro atoms. The molecule has 0 atom stereocenters. The van der Waals surface area contributed by atoms with E-state index in [9.17, 15) is 9.59 Å². The molecule has 3 aromatic rings. The van der Waals surface area contributed by atoms with Gasteiger partial charge in [0.05, 0.1) is 5.69 Å². The first-order chi connectivity index (χ1) is 12.1. The summed E-state index contributed by atoms with van der Waals surface area (Å²) >= 11 is 0. The van der Waals surface area contributed by atoms with Gasteiger partial charge in [-0.3, -0.25) is 9.59 Å². The van der Waals surface area contributed by atoms with E-state index in [1.807, 2.05) is 54.6 Å². The highest BCUT2D eigenvalue weighted by Crippen LogP contribution is 2.28. The van der Waals surface area contributed by atoms with Crippen molar-refractivity contribution in [2.24, 2.45) is 0 Å². The van der Waals surface area contributed by atoms with Crippen LogP contribution < -0.4 is 10.3 Å². The second-order valence-electron chi connectivity index (χ2n) is 6.08. The van der Waals surface area contributed by atoms with Gasteiger partial charge in [-0.25, -0.2) is 4.68 Å². The van der Waals surface area contributed by atoms with E-state index >= 15 is 0 Å². The maximum Gasteiger partial charge on any atom is 0.282 e. The molecule has 0 saturated heterocycles. The summed E-state index contributed by atoms with van der Waals surface area (Å²) in [5, 5.41) is 4.37. The van der Waals surface area contributed by atoms with Crippen LogP contribution in [0.4, 0.5) is 5.69 Å². The lowest BCUT2D eigenvalue weighted by molar-refractivity contribution is 0.0981. The quantitative estimate of drug-likeness (QED) is 0.725. The van der Waals surface area contributed by atoms with Gasteiger partial charge in [0.1, 0.15) is 0 Å². The van der Waals surface area contributed by atoms with Gasteiger partial charge in [-0.1, -0.05) is 36.4 Å². The number of nitrogens with zero attached hydrogens (tertiary/aromatic N) is 3. The van der Waals surface area contributed by atoms with Crippen LogP contribution in [-0.2, 0) is 6.42 Å². The fourth-order valence-corrected chi connectivity index (χ4v) is 3.20. The van der Waals surface area contributed by atoms with Crippen LogP contribution in [0.15, 0.2) is 65.5 Å². The van der Waals surface area contributed by atoms with Crippen molar-refractivity contribution >= 4 is 11.6 Å². The van der Waals surface area contributed by atoms with Crippen LogP contribution in [0.5, 0.6) is 0 Å². The first kappa shape index (κ1) is 15.3. The third-order valence-corrected chi connectivity index (χ3v) is 4.44. The minimum absolute atomic E-state index is 0.0499. The Balaban J connectivity index is 1.79. The van der Waals surface area contributed by atoms with Gasteiger partial charge < -0.3 is 4.90 Å². The Morgan fingerprint density at radius 1 is 1.04 bits per heavy atom. The van der Waals surface area contributed by atoms with Crippen LogP contribution in [0.1, 0.15) is 21.7 Å². The van der Waals surface area contributed by atoms with E-state index < -0.39 is 0 Å². The molecule has 0 fully saturated rings. The van der Waals surface area contributed by atoms with E-state index in [-0.39, 0.29) is 17.0 Å². The number of hydrogen-bond donors (Lipinski definition) is 0. The fraction of sp³-hybridized carbons (Fsp3) is 0.150. The first-order valence-corrected chi connectivity index (χ1v) is 8.21. The Labute approximate surface area is 145 Å². The number of rotatable bonds is 2. The molecule has 5 heteroatoms. The molecule has 2 aromatic carbocycles. The number of hydrogen-bond acceptors (Lipinski definition) is 3. The summed E-state index contributed by atoms with van der Waals surface area (Å²) in [7, 11) is 0. The maximum absolute atomic E-state index is 13.0. The number of carbonyl (C=O) groups is 1. The van der Waals surface area contributed by atoms with Crippen LogP contribution >= 0.6 is 0 Å². The second kappa shape index (κ2) is 6.02. The Bertz CT molecular complexity index is 1010. The lowest BCUT2D eigenvalue weighted by Gasteiger charge is -2.17. The predicted octanol–water partition coefficient (Wildman–Crippen LogP) is 2.74. The lowest BCUT2D eigenvalue weighted by Crippen LogP contribution is -2.35. The summed E-state index contributed by atoms with van der Waals surface area (Å²) in [6.07, 6.45) is 0.792. The molecule has 124 valence electrons. The SMILES string of the molecule is Cc1cc(=O)c(C(=O)N2CCc3ccccc32)nn1-c1ccccc1. The number of aromatic nitrogens is 2. The zero-order valence-corrected chi connectivity index (χ0v) is 13.8. The Kier molecular flexibility index (Phi) is 3.69. The van der Waals surface area contributed by atoms with E-state index in [4.69, 9.17) is 0 Å². The van der Waals surface area contributed by atoms with Crippen molar-refractivity contribution in [1.29, 1.82) is 0 Å². The van der Waals surface area contributed by atoms with Crippen LogP contribution in [0.3, 0.4) is 0 Å². The molecular formula is C20H17N3O2. The third kappa shape index (κ3) is 2.63. The number of anilines is 1. The highest BCUT2D eigenvalue weighted by molar-refractivity contribution is 6.05. The van der Waals surface area contributed by atoms with Crippen LogP contribution in [0.25, 0.3) is 5.69 Å². The largest absolute Gasteiger partial charge is 0.306 e. The van der Waals surface area contributed by atoms with Gasteiger partial charge >= 0.3 is 0 Å². The van der Waals surface area contributed by atoms with E-state index in [1.165, 1.54) is 6.07 Å². The summed E-state index contributed by atoms with van der Waals surface area (Å²) in [5.74, 6) is -0.348. The van der Waals surface area contributed by atoms with Gasteiger partial charge in [0.25, 0.3) is 5.91 Å². The standard InChI is InChI=1S/C20H17N3O2/c1-14-13-18(24)19(21-23(14)16-8-3-2-4-9-16)20(25)22-12-11-15-7-5-6-10-17(15)22/h2-10,13H,11-12H2,1H3. The van der Waals surface area contributed by atoms with Crippen molar-refractivity contribution in [2.45, 2.75) is 13.3 Å². The van der Waals surface area contributed by atoms with Gasteiger partial charge in [0.2, 0.25) is 5.43 Å². The van der Waals surface area contributed by atoms with Gasteiger partial charge in [-0.2, -0.15) is 5.10 Å². The number of amides is 1. The highest BCUT2D eigenvalue weighted by atomic mass is 16.2. The van der Waals surface area contributed by atoms with Crippen molar-refractivity contribution in [1.82, 2.24) is 9.78 Å². The zero-order chi connectivity index (χ0) is 17.4. The average molecular weight is 331 g/mol. The molecule has 0 saturated carbocycles. The molecule has 0 bridgehead atoms. The summed E-state index contributed by atoms with van der Waals surface area (Å²) < 4.78 is 1.64. The Hall–Kier alpha value is -3.21. The Morgan fingerprint density at radius 3 is 2.56 bits per heavy atom. The van der Waals surface area contributed by atoms with E-state index in [2.05, 4.69) is 5.10 Å². The molecule has 0 radical (unpaired) electrons. The smallest absolute Gasteiger partial charge is 0.282 e. The molecule has 1 aromatic heterocycles. The third-order valence-electron chi connectivity index (χ3n) is 4.44. The second-order valence-corrected chi connectivity index (χ2v) is 6.08. The van der Waals surface area contributed by atoms with Crippen molar-refractivity contribution in [3.05, 3.63) is 87.8 Å². The number of benzene rings is 2. The van der Waals surface area contributed by atoms with Crippen LogP contribution in [0.2, 0.25) is 0 Å². The molecule has 0 aliphatic carbocycles. The van der Waals surface area contributed by atoms with E-state index in [0.29, 0.717) is 12.2 Å². The monoisotopic (exact) mass is 331 g/mol. The van der Waals surface area contributed by atoms with Crippen molar-refractivity contribution in [3.63, 3.8) is 0 Å². The van der Waals surface area contributed by atoms with Gasteiger partial charge in [0, 0.05) is 24.0 Å². The van der Waals surface area contributed by atoms with Gasteiger partial charge in [-0.15, -0.1) is 0 Å². The number of carbonyl (C=O) groups excluding carboxylic acids is 1. The van der Waals surface area contributed by atoms with Gasteiger partial charge in [-0.05, 0) is 37.1 Å². The minimum Gasteiger partial charge on any atom is -0.306 e. The fourth-order valence-electron chi connectivity index (χ4n) is 3.20. The molecule has 2 heterocycles. The maximum atomic E-state index is 13.0. The highest BCUT2D eigenvalue weighted by Gasteiger charge is 2.28. The molecular weight excluding hydrogens is 314 g/mol. The van der Waals surface area contributed by atoms with Crippen molar-refractivity contribution in [3.8, 4) is 5.69 Å². The predicted molar refractivity (Wildman–Crippen MR) is 96.4 cm³/mol. The summed E-state index contributed by atoms with van der Waals surface area (Å²) in [5.41, 5.74) is 3.09. The minimum atomic E-state index is -0.348. The van der Waals surface area contributed by atoms with Crippen LogP contribution in [0, 0.1) is 6.92 Å². The summed E-state index contributed by atoms with van der Waals surface area (Å²) in [6, 6.07) is 18.7. The summed E-state index contributed by atoms with van der Waals surface area (Å²) in [4.78, 5) is 27.0. The molecule has 25 heavy (non-hydrogen) atoms. The number of para-hydroxylation sites is 2. The number of fused-ring (bicyclic) bond motifs is 1. The number of aryl methyl sites for hydroxylation is 1.